The standard InChI is InChI=1S/C16H23NO3/c1-3-5-6-12-7-9-13(10-8-12)11-15(18)17-14(4-2)16(19)20/h7-10,14H,3-6,11H2,1-2H3,(H,17,18)(H,19,20)/t14-/m0/s1. The summed E-state index contributed by atoms with van der Waals surface area (Å²) < 4.78 is 0. The average molecular weight is 277 g/mol. The first-order valence-electron chi connectivity index (χ1n) is 7.16. The van der Waals surface area contributed by atoms with E-state index in [1.165, 1.54) is 5.56 Å². The summed E-state index contributed by atoms with van der Waals surface area (Å²) in [5.41, 5.74) is 2.18. The number of carboxylic acid groups (broad SMARTS) is 1. The van der Waals surface area contributed by atoms with Crippen LogP contribution in [0.5, 0.6) is 0 Å². The molecular formula is C16H23NO3. The Kier molecular flexibility index (Phi) is 6.77. The monoisotopic (exact) mass is 277 g/mol. The van der Waals surface area contributed by atoms with Gasteiger partial charge in [-0.05, 0) is 30.4 Å². The summed E-state index contributed by atoms with van der Waals surface area (Å²) in [5, 5.41) is 11.4. The first-order valence-corrected chi connectivity index (χ1v) is 7.16. The Bertz CT molecular complexity index is 440. The zero-order valence-corrected chi connectivity index (χ0v) is 12.2. The quantitative estimate of drug-likeness (QED) is 0.767. The molecule has 0 unspecified atom stereocenters. The van der Waals surface area contributed by atoms with Crippen molar-refractivity contribution in [2.45, 2.75) is 52.0 Å². The van der Waals surface area contributed by atoms with Gasteiger partial charge in [-0.3, -0.25) is 4.79 Å². The first-order chi connectivity index (χ1) is 9.56. The third-order valence-electron chi connectivity index (χ3n) is 3.25. The second-order valence-electron chi connectivity index (χ2n) is 4.96. The lowest BCUT2D eigenvalue weighted by molar-refractivity contribution is -0.141. The number of hydrogen-bond acceptors (Lipinski definition) is 2. The molecule has 0 aliphatic heterocycles. The Morgan fingerprint density at radius 1 is 1.15 bits per heavy atom. The van der Waals surface area contributed by atoms with E-state index in [0.29, 0.717) is 6.42 Å². The van der Waals surface area contributed by atoms with Crippen LogP contribution < -0.4 is 5.32 Å². The van der Waals surface area contributed by atoms with E-state index in [2.05, 4.69) is 12.2 Å². The highest BCUT2D eigenvalue weighted by molar-refractivity contribution is 5.84. The second-order valence-corrected chi connectivity index (χ2v) is 4.96. The molecule has 0 aliphatic carbocycles. The molecule has 4 nitrogen and oxygen atoms in total. The molecule has 1 atom stereocenters. The number of nitrogens with one attached hydrogen (secondary N) is 1. The summed E-state index contributed by atoms with van der Waals surface area (Å²) >= 11 is 0. The highest BCUT2D eigenvalue weighted by Crippen LogP contribution is 2.08. The minimum absolute atomic E-state index is 0.220. The number of amides is 1. The lowest BCUT2D eigenvalue weighted by Gasteiger charge is -2.12. The molecule has 1 amide bonds. The number of aliphatic carboxylic acids is 1. The number of carboxylic acids is 1. The largest absolute Gasteiger partial charge is 0.480 e. The van der Waals surface area contributed by atoms with E-state index in [4.69, 9.17) is 5.11 Å². The van der Waals surface area contributed by atoms with Gasteiger partial charge in [-0.25, -0.2) is 4.79 Å². The zero-order valence-electron chi connectivity index (χ0n) is 12.2. The molecular weight excluding hydrogens is 254 g/mol. The molecule has 1 aromatic carbocycles. The molecule has 0 fully saturated rings. The smallest absolute Gasteiger partial charge is 0.326 e. The maximum atomic E-state index is 11.8. The molecule has 0 aromatic heterocycles. The van der Waals surface area contributed by atoms with Crippen molar-refractivity contribution in [1.29, 1.82) is 0 Å². The fourth-order valence-corrected chi connectivity index (χ4v) is 1.97. The van der Waals surface area contributed by atoms with Crippen LogP contribution in [0.4, 0.5) is 0 Å². The van der Waals surface area contributed by atoms with Gasteiger partial charge in [0.15, 0.2) is 0 Å². The number of carbonyl (C=O) groups excluding carboxylic acids is 1. The van der Waals surface area contributed by atoms with Crippen LogP contribution in [0.25, 0.3) is 0 Å². The highest BCUT2D eigenvalue weighted by Gasteiger charge is 2.17. The SMILES string of the molecule is CCCCc1ccc(CC(=O)N[C@@H](CC)C(=O)O)cc1. The van der Waals surface area contributed by atoms with E-state index in [1.807, 2.05) is 24.3 Å². The minimum Gasteiger partial charge on any atom is -0.480 e. The maximum Gasteiger partial charge on any atom is 0.326 e. The third kappa shape index (κ3) is 5.43. The van der Waals surface area contributed by atoms with Crippen molar-refractivity contribution >= 4 is 11.9 Å². The third-order valence-corrected chi connectivity index (χ3v) is 3.25. The van der Waals surface area contributed by atoms with Crippen molar-refractivity contribution < 1.29 is 14.7 Å². The molecule has 0 aliphatic rings. The first kappa shape index (κ1) is 16.2. The molecule has 1 aromatic rings. The van der Waals surface area contributed by atoms with Crippen molar-refractivity contribution in [2.75, 3.05) is 0 Å². The van der Waals surface area contributed by atoms with E-state index in [1.54, 1.807) is 6.92 Å². The topological polar surface area (TPSA) is 66.4 Å². The Morgan fingerprint density at radius 3 is 2.25 bits per heavy atom. The van der Waals surface area contributed by atoms with E-state index < -0.39 is 12.0 Å². The van der Waals surface area contributed by atoms with E-state index in [0.717, 1.165) is 24.8 Å². The molecule has 4 heteroatoms. The maximum absolute atomic E-state index is 11.8. The molecule has 0 heterocycles. The predicted molar refractivity (Wildman–Crippen MR) is 78.6 cm³/mol. The average Bonchev–Trinajstić information content (AvgIpc) is 2.43. The van der Waals surface area contributed by atoms with Crippen LogP contribution in [0.2, 0.25) is 0 Å². The summed E-state index contributed by atoms with van der Waals surface area (Å²) in [4.78, 5) is 22.6. The van der Waals surface area contributed by atoms with Crippen LogP contribution >= 0.6 is 0 Å². The number of unbranched alkanes of at least 4 members (excludes halogenated alkanes) is 1. The van der Waals surface area contributed by atoms with Crippen molar-refractivity contribution in [3.05, 3.63) is 35.4 Å². The molecule has 110 valence electrons. The summed E-state index contributed by atoms with van der Waals surface area (Å²) in [6, 6.07) is 7.14. The molecule has 1 rings (SSSR count). The number of rotatable bonds is 8. The minimum atomic E-state index is -0.990. The Balaban J connectivity index is 2.51. The number of hydrogen-bond donors (Lipinski definition) is 2. The fourth-order valence-electron chi connectivity index (χ4n) is 1.97. The van der Waals surface area contributed by atoms with E-state index in [9.17, 15) is 9.59 Å². The summed E-state index contributed by atoms with van der Waals surface area (Å²) in [7, 11) is 0. The lowest BCUT2D eigenvalue weighted by atomic mass is 10.0. The summed E-state index contributed by atoms with van der Waals surface area (Å²) in [6.07, 6.45) is 3.99. The number of aryl methyl sites for hydroxylation is 1. The summed E-state index contributed by atoms with van der Waals surface area (Å²) in [6.45, 7) is 3.90. The lowest BCUT2D eigenvalue weighted by Crippen LogP contribution is -2.40. The van der Waals surface area contributed by atoms with E-state index in [-0.39, 0.29) is 12.3 Å². The molecule has 0 saturated carbocycles. The van der Waals surface area contributed by atoms with Crippen molar-refractivity contribution in [3.63, 3.8) is 0 Å². The number of carbonyl (C=O) groups is 2. The molecule has 0 radical (unpaired) electrons. The van der Waals surface area contributed by atoms with Gasteiger partial charge in [0, 0.05) is 0 Å². The van der Waals surface area contributed by atoms with Crippen molar-refractivity contribution in [3.8, 4) is 0 Å². The molecule has 20 heavy (non-hydrogen) atoms. The Morgan fingerprint density at radius 2 is 1.75 bits per heavy atom. The molecule has 0 spiro atoms. The van der Waals surface area contributed by atoms with Gasteiger partial charge in [0.2, 0.25) is 5.91 Å². The van der Waals surface area contributed by atoms with Gasteiger partial charge < -0.3 is 10.4 Å². The predicted octanol–water partition coefficient (Wildman–Crippen LogP) is 2.55. The van der Waals surface area contributed by atoms with Crippen LogP contribution in [0.1, 0.15) is 44.2 Å². The normalized spacial score (nSPS) is 11.9. The van der Waals surface area contributed by atoms with Crippen LogP contribution in [0.15, 0.2) is 24.3 Å². The van der Waals surface area contributed by atoms with Gasteiger partial charge in [-0.1, -0.05) is 44.5 Å². The van der Waals surface area contributed by atoms with Crippen LogP contribution in [-0.2, 0) is 22.4 Å². The van der Waals surface area contributed by atoms with Gasteiger partial charge in [0.25, 0.3) is 0 Å². The zero-order chi connectivity index (χ0) is 15.0. The highest BCUT2D eigenvalue weighted by atomic mass is 16.4. The number of benzene rings is 1. The van der Waals surface area contributed by atoms with Crippen LogP contribution in [0, 0.1) is 0 Å². The van der Waals surface area contributed by atoms with Crippen molar-refractivity contribution in [1.82, 2.24) is 5.32 Å². The Hall–Kier alpha value is -1.84. The van der Waals surface area contributed by atoms with Gasteiger partial charge in [0.1, 0.15) is 6.04 Å². The molecule has 0 saturated heterocycles. The molecule has 2 N–H and O–H groups in total. The van der Waals surface area contributed by atoms with Crippen LogP contribution in [0.3, 0.4) is 0 Å². The Labute approximate surface area is 120 Å². The van der Waals surface area contributed by atoms with E-state index >= 15 is 0 Å². The fraction of sp³-hybridized carbons (Fsp3) is 0.500. The van der Waals surface area contributed by atoms with Gasteiger partial charge in [0.05, 0.1) is 6.42 Å². The second kappa shape index (κ2) is 8.35. The van der Waals surface area contributed by atoms with Gasteiger partial charge in [-0.15, -0.1) is 0 Å². The van der Waals surface area contributed by atoms with Gasteiger partial charge in [-0.2, -0.15) is 0 Å². The summed E-state index contributed by atoms with van der Waals surface area (Å²) in [5.74, 6) is -1.24. The van der Waals surface area contributed by atoms with Crippen LogP contribution in [-0.4, -0.2) is 23.0 Å². The van der Waals surface area contributed by atoms with Gasteiger partial charge >= 0.3 is 5.97 Å². The molecule has 0 bridgehead atoms. The van der Waals surface area contributed by atoms with Crippen molar-refractivity contribution in [2.24, 2.45) is 0 Å².